The quantitative estimate of drug-likeness (QED) is 0.339. The smallest absolute Gasteiger partial charge is 0.181 e. The van der Waals surface area contributed by atoms with Crippen molar-refractivity contribution in [2.45, 2.75) is 91.9 Å². The van der Waals surface area contributed by atoms with Crippen LogP contribution in [0.5, 0.6) is 0 Å². The number of hydrogen-bond acceptors (Lipinski definition) is 0. The van der Waals surface area contributed by atoms with Gasteiger partial charge in [0.25, 0.3) is 0 Å². The fourth-order valence-corrected chi connectivity index (χ4v) is 4.01. The first kappa shape index (κ1) is 22.6. The second-order valence-electron chi connectivity index (χ2n) is 8.49. The first-order valence-corrected chi connectivity index (χ1v) is 11.5. The number of nitrogens with zero attached hydrogens (tertiary/aromatic N) is 2. The zero-order valence-electron chi connectivity index (χ0n) is 19.3. The standard InChI is InChI=1S/C26H42N2/c1-7-9-11-13-15-25-19-23(17-21(3)27(25)5)24-18-22(4)28(6)26(20-24)16-14-12-10-8-2/h17-20H,7-16H2,1-6H3/q+2. The molecule has 0 bridgehead atoms. The van der Waals surface area contributed by atoms with E-state index in [0.717, 1.165) is 0 Å². The van der Waals surface area contributed by atoms with Gasteiger partial charge in [-0.1, -0.05) is 52.4 Å². The van der Waals surface area contributed by atoms with Gasteiger partial charge in [0.2, 0.25) is 0 Å². The first-order chi connectivity index (χ1) is 13.5. The Labute approximate surface area is 173 Å². The summed E-state index contributed by atoms with van der Waals surface area (Å²) in [6, 6.07) is 9.56. The summed E-state index contributed by atoms with van der Waals surface area (Å²) in [6.07, 6.45) is 12.9. The summed E-state index contributed by atoms with van der Waals surface area (Å²) in [4.78, 5) is 0. The fraction of sp³-hybridized carbons (Fsp3) is 0.615. The Morgan fingerprint density at radius 2 is 0.964 bits per heavy atom. The van der Waals surface area contributed by atoms with Gasteiger partial charge in [-0.15, -0.1) is 0 Å². The predicted octanol–water partition coefficient (Wildman–Crippen LogP) is 5.87. The molecule has 0 unspecified atom stereocenters. The lowest BCUT2D eigenvalue weighted by Crippen LogP contribution is -2.38. The van der Waals surface area contributed by atoms with Crippen molar-refractivity contribution in [3.8, 4) is 11.1 Å². The molecular formula is C26H42N2+2. The van der Waals surface area contributed by atoms with Gasteiger partial charge in [0.15, 0.2) is 22.8 Å². The molecular weight excluding hydrogens is 340 g/mol. The van der Waals surface area contributed by atoms with Gasteiger partial charge in [-0.2, -0.15) is 0 Å². The summed E-state index contributed by atoms with van der Waals surface area (Å²) in [5.41, 5.74) is 8.36. The minimum atomic E-state index is 1.18. The molecule has 0 aromatic carbocycles. The Morgan fingerprint density at radius 3 is 1.32 bits per heavy atom. The maximum absolute atomic E-state index is 2.43. The largest absolute Gasteiger partial charge is 0.203 e. The predicted molar refractivity (Wildman–Crippen MR) is 119 cm³/mol. The second-order valence-corrected chi connectivity index (χ2v) is 8.49. The highest BCUT2D eigenvalue weighted by Gasteiger charge is 2.17. The lowest BCUT2D eigenvalue weighted by atomic mass is 10.00. The van der Waals surface area contributed by atoms with E-state index in [1.165, 1.54) is 98.1 Å². The molecule has 0 spiro atoms. The van der Waals surface area contributed by atoms with Gasteiger partial charge in [-0.05, 0) is 24.0 Å². The molecule has 0 atom stereocenters. The van der Waals surface area contributed by atoms with Crippen LogP contribution in [0.4, 0.5) is 0 Å². The van der Waals surface area contributed by atoms with Crippen molar-refractivity contribution < 1.29 is 9.13 Å². The number of aromatic nitrogens is 2. The highest BCUT2D eigenvalue weighted by Crippen LogP contribution is 2.23. The minimum Gasteiger partial charge on any atom is -0.203 e. The summed E-state index contributed by atoms with van der Waals surface area (Å²) in [6.45, 7) is 9.03. The third-order valence-electron chi connectivity index (χ3n) is 6.20. The maximum Gasteiger partial charge on any atom is 0.181 e. The fourth-order valence-electron chi connectivity index (χ4n) is 4.01. The summed E-state index contributed by atoms with van der Waals surface area (Å²) in [5.74, 6) is 0. The van der Waals surface area contributed by atoms with Crippen LogP contribution in [0.1, 0.15) is 88.0 Å². The highest BCUT2D eigenvalue weighted by molar-refractivity contribution is 5.63. The third-order valence-corrected chi connectivity index (χ3v) is 6.20. The van der Waals surface area contributed by atoms with E-state index >= 15 is 0 Å². The van der Waals surface area contributed by atoms with Crippen molar-refractivity contribution in [1.82, 2.24) is 0 Å². The van der Waals surface area contributed by atoms with E-state index in [-0.39, 0.29) is 0 Å². The molecule has 0 N–H and O–H groups in total. The molecule has 2 heterocycles. The van der Waals surface area contributed by atoms with Gasteiger partial charge in [0, 0.05) is 51.0 Å². The van der Waals surface area contributed by atoms with Gasteiger partial charge in [0.1, 0.15) is 14.1 Å². The first-order valence-electron chi connectivity index (χ1n) is 11.5. The van der Waals surface area contributed by atoms with Crippen LogP contribution in [0.2, 0.25) is 0 Å². The molecule has 0 aliphatic carbocycles. The van der Waals surface area contributed by atoms with Gasteiger partial charge in [0.05, 0.1) is 0 Å². The van der Waals surface area contributed by atoms with Crippen molar-refractivity contribution in [1.29, 1.82) is 0 Å². The monoisotopic (exact) mass is 382 g/mol. The molecule has 0 radical (unpaired) electrons. The van der Waals surface area contributed by atoms with E-state index in [2.05, 4.69) is 75.2 Å². The molecule has 2 heteroatoms. The highest BCUT2D eigenvalue weighted by atomic mass is 14.9. The van der Waals surface area contributed by atoms with Crippen LogP contribution in [0.3, 0.4) is 0 Å². The maximum atomic E-state index is 2.43. The zero-order chi connectivity index (χ0) is 20.5. The Balaban J connectivity index is 2.27. The lowest BCUT2D eigenvalue weighted by molar-refractivity contribution is -0.685. The molecule has 2 rings (SSSR count). The van der Waals surface area contributed by atoms with Crippen LogP contribution in [0.15, 0.2) is 24.3 Å². The lowest BCUT2D eigenvalue weighted by Gasteiger charge is -2.10. The number of rotatable bonds is 11. The molecule has 0 amide bonds. The number of hydrogen-bond donors (Lipinski definition) is 0. The van der Waals surface area contributed by atoms with Crippen molar-refractivity contribution in [3.63, 3.8) is 0 Å². The number of pyridine rings is 2. The van der Waals surface area contributed by atoms with Gasteiger partial charge >= 0.3 is 0 Å². The Morgan fingerprint density at radius 1 is 0.571 bits per heavy atom. The van der Waals surface area contributed by atoms with Crippen molar-refractivity contribution in [2.75, 3.05) is 0 Å². The Kier molecular flexibility index (Phi) is 9.15. The van der Waals surface area contributed by atoms with Gasteiger partial charge in [-0.25, -0.2) is 9.13 Å². The summed E-state index contributed by atoms with van der Waals surface area (Å²) >= 11 is 0. The molecule has 0 saturated heterocycles. The SMILES string of the molecule is CCCCCCc1cc(-c2cc(C)[n+](C)c(CCCCCC)c2)cc(C)[n+]1C. The van der Waals surface area contributed by atoms with Crippen LogP contribution in [-0.2, 0) is 26.9 Å². The number of aryl methyl sites for hydroxylation is 4. The van der Waals surface area contributed by atoms with Crippen LogP contribution in [0.25, 0.3) is 11.1 Å². The van der Waals surface area contributed by atoms with Crippen molar-refractivity contribution in [2.24, 2.45) is 14.1 Å². The van der Waals surface area contributed by atoms with Crippen LogP contribution < -0.4 is 9.13 Å². The molecule has 0 aliphatic heterocycles. The van der Waals surface area contributed by atoms with E-state index in [1.807, 2.05) is 0 Å². The third kappa shape index (κ3) is 6.15. The van der Waals surface area contributed by atoms with E-state index in [4.69, 9.17) is 0 Å². The summed E-state index contributed by atoms with van der Waals surface area (Å²) < 4.78 is 4.74. The molecule has 0 aliphatic rings. The molecule has 0 saturated carbocycles. The van der Waals surface area contributed by atoms with Crippen LogP contribution in [0, 0.1) is 13.8 Å². The average Bonchev–Trinajstić information content (AvgIpc) is 2.68. The van der Waals surface area contributed by atoms with E-state index in [0.29, 0.717) is 0 Å². The van der Waals surface area contributed by atoms with Gasteiger partial charge < -0.3 is 0 Å². The molecule has 0 fully saturated rings. The molecule has 154 valence electrons. The summed E-state index contributed by atoms with van der Waals surface area (Å²) in [5, 5.41) is 0. The van der Waals surface area contributed by atoms with Crippen LogP contribution >= 0.6 is 0 Å². The van der Waals surface area contributed by atoms with E-state index in [9.17, 15) is 0 Å². The minimum absolute atomic E-state index is 1.18. The average molecular weight is 383 g/mol. The summed E-state index contributed by atoms with van der Waals surface area (Å²) in [7, 11) is 4.42. The Hall–Kier alpha value is -1.70. The second kappa shape index (κ2) is 11.3. The van der Waals surface area contributed by atoms with E-state index in [1.54, 1.807) is 0 Å². The van der Waals surface area contributed by atoms with Gasteiger partial charge in [-0.3, -0.25) is 0 Å². The number of unbranched alkanes of at least 4 members (excludes halogenated alkanes) is 6. The van der Waals surface area contributed by atoms with Crippen molar-refractivity contribution in [3.05, 3.63) is 47.0 Å². The van der Waals surface area contributed by atoms with Crippen molar-refractivity contribution >= 4 is 0 Å². The molecule has 2 aromatic heterocycles. The molecule has 28 heavy (non-hydrogen) atoms. The van der Waals surface area contributed by atoms with Crippen LogP contribution in [-0.4, -0.2) is 0 Å². The topological polar surface area (TPSA) is 7.76 Å². The molecule has 2 nitrogen and oxygen atoms in total. The van der Waals surface area contributed by atoms with E-state index < -0.39 is 0 Å². The molecule has 2 aromatic rings. The Bertz CT molecular complexity index is 696. The zero-order valence-corrected chi connectivity index (χ0v) is 19.3. The normalized spacial score (nSPS) is 11.2.